The van der Waals surface area contributed by atoms with Crippen molar-refractivity contribution < 1.29 is 14.3 Å². The highest BCUT2D eigenvalue weighted by atomic mass is 32.1. The summed E-state index contributed by atoms with van der Waals surface area (Å²) in [5.41, 5.74) is -0.481. The topological polar surface area (TPSA) is 49.9 Å². The first-order valence-electron chi connectivity index (χ1n) is 7.68. The van der Waals surface area contributed by atoms with Crippen LogP contribution in [0.25, 0.3) is 0 Å². The van der Waals surface area contributed by atoms with Crippen molar-refractivity contribution in [2.75, 3.05) is 25.4 Å². The molecule has 0 N–H and O–H groups in total. The van der Waals surface area contributed by atoms with Gasteiger partial charge in [-0.2, -0.15) is 12.6 Å². The molecule has 2 saturated heterocycles. The van der Waals surface area contributed by atoms with E-state index < -0.39 is 5.60 Å². The third-order valence-corrected chi connectivity index (χ3v) is 4.51. The van der Waals surface area contributed by atoms with Crippen LogP contribution >= 0.6 is 12.6 Å². The number of hydrogen-bond acceptors (Lipinski definition) is 4. The van der Waals surface area contributed by atoms with Gasteiger partial charge in [-0.25, -0.2) is 4.79 Å². The van der Waals surface area contributed by atoms with E-state index in [1.807, 2.05) is 25.7 Å². The summed E-state index contributed by atoms with van der Waals surface area (Å²) in [7, 11) is 0. The number of rotatable bonds is 3. The molecule has 0 bridgehead atoms. The maximum atomic E-state index is 12.2. The number of ether oxygens (including phenoxy) is 1. The zero-order valence-corrected chi connectivity index (χ0v) is 14.1. The highest BCUT2D eigenvalue weighted by molar-refractivity contribution is 7.80. The molecule has 0 aromatic carbocycles. The minimum Gasteiger partial charge on any atom is -0.444 e. The van der Waals surface area contributed by atoms with E-state index in [2.05, 4.69) is 12.6 Å². The fourth-order valence-corrected chi connectivity index (χ4v) is 3.24. The fourth-order valence-electron chi connectivity index (χ4n) is 2.99. The van der Waals surface area contributed by atoms with Crippen LogP contribution in [0, 0.1) is 5.92 Å². The molecule has 2 rings (SSSR count). The first-order chi connectivity index (χ1) is 9.80. The van der Waals surface area contributed by atoms with E-state index in [1.54, 1.807) is 4.90 Å². The maximum absolute atomic E-state index is 12.2. The van der Waals surface area contributed by atoms with E-state index >= 15 is 0 Å². The van der Waals surface area contributed by atoms with Gasteiger partial charge in [-0.1, -0.05) is 0 Å². The molecule has 120 valence electrons. The molecule has 1 unspecified atom stereocenters. The average Bonchev–Trinajstić information content (AvgIpc) is 2.95. The fraction of sp³-hybridized carbons (Fsp3) is 0.867. The molecule has 6 heteroatoms. The average molecular weight is 314 g/mol. The van der Waals surface area contributed by atoms with Gasteiger partial charge in [0.2, 0.25) is 5.91 Å². The lowest BCUT2D eigenvalue weighted by Crippen LogP contribution is -2.45. The van der Waals surface area contributed by atoms with Crippen molar-refractivity contribution in [1.82, 2.24) is 9.80 Å². The van der Waals surface area contributed by atoms with Crippen molar-refractivity contribution in [3.05, 3.63) is 0 Å². The van der Waals surface area contributed by atoms with E-state index in [9.17, 15) is 9.59 Å². The second-order valence-corrected chi connectivity index (χ2v) is 7.39. The summed E-state index contributed by atoms with van der Waals surface area (Å²) in [6.45, 7) is 7.73. The zero-order chi connectivity index (χ0) is 15.6. The van der Waals surface area contributed by atoms with Crippen LogP contribution in [-0.2, 0) is 9.53 Å². The van der Waals surface area contributed by atoms with Gasteiger partial charge in [0.25, 0.3) is 0 Å². The van der Waals surface area contributed by atoms with Crippen LogP contribution in [0.3, 0.4) is 0 Å². The number of carbonyl (C=O) groups is 2. The van der Waals surface area contributed by atoms with Gasteiger partial charge in [0.15, 0.2) is 0 Å². The normalized spacial score (nSPS) is 26.6. The molecule has 0 aromatic rings. The lowest BCUT2D eigenvalue weighted by atomic mass is 10.1. The first-order valence-corrected chi connectivity index (χ1v) is 8.31. The Morgan fingerprint density at radius 1 is 1.43 bits per heavy atom. The highest BCUT2D eigenvalue weighted by Crippen LogP contribution is 2.25. The largest absolute Gasteiger partial charge is 0.444 e. The van der Waals surface area contributed by atoms with Gasteiger partial charge < -0.3 is 14.5 Å². The lowest BCUT2D eigenvalue weighted by molar-refractivity contribution is -0.128. The van der Waals surface area contributed by atoms with Crippen LogP contribution in [0.5, 0.6) is 0 Å². The second kappa shape index (κ2) is 6.46. The van der Waals surface area contributed by atoms with Gasteiger partial charge in [-0.3, -0.25) is 4.79 Å². The third-order valence-electron chi connectivity index (χ3n) is 3.99. The van der Waals surface area contributed by atoms with E-state index in [0.29, 0.717) is 18.9 Å². The molecule has 2 atom stereocenters. The van der Waals surface area contributed by atoms with Crippen molar-refractivity contribution in [1.29, 1.82) is 0 Å². The molecule has 2 aliphatic rings. The Balaban J connectivity index is 1.93. The minimum absolute atomic E-state index is 0.0856. The molecule has 2 fully saturated rings. The van der Waals surface area contributed by atoms with Gasteiger partial charge in [0.05, 0.1) is 6.04 Å². The Kier molecular flexibility index (Phi) is 5.07. The molecular weight excluding hydrogens is 288 g/mol. The van der Waals surface area contributed by atoms with Gasteiger partial charge in [0.1, 0.15) is 5.60 Å². The van der Waals surface area contributed by atoms with Gasteiger partial charge in [-0.15, -0.1) is 0 Å². The van der Waals surface area contributed by atoms with E-state index in [-0.39, 0.29) is 18.0 Å². The minimum atomic E-state index is -0.481. The molecular formula is C15H26N2O3S. The van der Waals surface area contributed by atoms with E-state index in [4.69, 9.17) is 4.74 Å². The molecule has 2 heterocycles. The molecule has 0 radical (unpaired) electrons. The van der Waals surface area contributed by atoms with Gasteiger partial charge >= 0.3 is 6.09 Å². The predicted molar refractivity (Wildman–Crippen MR) is 84.5 cm³/mol. The molecule has 2 aliphatic heterocycles. The summed E-state index contributed by atoms with van der Waals surface area (Å²) in [4.78, 5) is 27.9. The summed E-state index contributed by atoms with van der Waals surface area (Å²) in [5.74, 6) is 1.27. The Bertz CT molecular complexity index is 408. The number of hydrogen-bond donors (Lipinski definition) is 1. The van der Waals surface area contributed by atoms with Crippen LogP contribution in [0.4, 0.5) is 4.79 Å². The summed E-state index contributed by atoms with van der Waals surface area (Å²) in [6.07, 6.45) is 2.24. The highest BCUT2D eigenvalue weighted by Gasteiger charge is 2.36. The summed E-state index contributed by atoms with van der Waals surface area (Å²) < 4.78 is 5.46. The number of thiol groups is 1. The smallest absolute Gasteiger partial charge is 0.410 e. The Labute approximate surface area is 132 Å². The van der Waals surface area contributed by atoms with Crippen molar-refractivity contribution in [2.45, 2.75) is 51.7 Å². The SMILES string of the molecule is CC(C)(C)OC(=O)N1CCC[C@@H]1CN1CC(CS)CC1=O. The van der Waals surface area contributed by atoms with Gasteiger partial charge in [-0.05, 0) is 45.3 Å². The predicted octanol–water partition coefficient (Wildman–Crippen LogP) is 2.16. The zero-order valence-electron chi connectivity index (χ0n) is 13.2. The number of amides is 2. The van der Waals surface area contributed by atoms with Crippen LogP contribution < -0.4 is 0 Å². The first kappa shape index (κ1) is 16.5. The summed E-state index contributed by atoms with van der Waals surface area (Å²) in [6, 6.07) is 0.0856. The quantitative estimate of drug-likeness (QED) is 0.812. The molecule has 21 heavy (non-hydrogen) atoms. The van der Waals surface area contributed by atoms with Crippen LogP contribution in [0.2, 0.25) is 0 Å². The Hall–Kier alpha value is -0.910. The van der Waals surface area contributed by atoms with Crippen molar-refractivity contribution in [3.8, 4) is 0 Å². The molecule has 5 nitrogen and oxygen atoms in total. The van der Waals surface area contributed by atoms with Crippen molar-refractivity contribution in [3.63, 3.8) is 0 Å². The van der Waals surface area contributed by atoms with Crippen LogP contribution in [0.1, 0.15) is 40.0 Å². The second-order valence-electron chi connectivity index (χ2n) is 7.02. The molecule has 0 aromatic heterocycles. The molecule has 0 aliphatic carbocycles. The number of likely N-dealkylation sites (tertiary alicyclic amines) is 2. The lowest BCUT2D eigenvalue weighted by Gasteiger charge is -2.31. The molecule has 0 spiro atoms. The summed E-state index contributed by atoms with van der Waals surface area (Å²) in [5, 5.41) is 0. The molecule has 0 saturated carbocycles. The van der Waals surface area contributed by atoms with E-state index in [0.717, 1.165) is 31.7 Å². The van der Waals surface area contributed by atoms with Gasteiger partial charge in [0, 0.05) is 26.1 Å². The van der Waals surface area contributed by atoms with Crippen molar-refractivity contribution >= 4 is 24.6 Å². The number of nitrogens with zero attached hydrogens (tertiary/aromatic N) is 2. The van der Waals surface area contributed by atoms with E-state index in [1.165, 1.54) is 0 Å². The Morgan fingerprint density at radius 2 is 2.14 bits per heavy atom. The maximum Gasteiger partial charge on any atom is 0.410 e. The molecule has 2 amide bonds. The standard InChI is InChI=1S/C15H26N2O3S/c1-15(2,3)20-14(19)17-6-4-5-12(17)9-16-8-11(10-21)7-13(16)18/h11-12,21H,4-10H2,1-3H3/t11?,12-/m1/s1. The van der Waals surface area contributed by atoms with Crippen LogP contribution in [-0.4, -0.2) is 58.8 Å². The summed E-state index contributed by atoms with van der Waals surface area (Å²) >= 11 is 4.28. The monoisotopic (exact) mass is 314 g/mol. The van der Waals surface area contributed by atoms with Crippen molar-refractivity contribution in [2.24, 2.45) is 5.92 Å². The Morgan fingerprint density at radius 3 is 2.71 bits per heavy atom. The number of carbonyl (C=O) groups excluding carboxylic acids is 2. The van der Waals surface area contributed by atoms with Crippen LogP contribution in [0.15, 0.2) is 0 Å². The third kappa shape index (κ3) is 4.28.